The van der Waals surface area contributed by atoms with Gasteiger partial charge in [0.15, 0.2) is 17.3 Å². The minimum Gasteiger partial charge on any atom is -0.497 e. The minimum absolute atomic E-state index is 0.225. The van der Waals surface area contributed by atoms with Gasteiger partial charge in [-0.2, -0.15) is 0 Å². The first kappa shape index (κ1) is 24.2. The molecule has 40 heavy (non-hydrogen) atoms. The van der Waals surface area contributed by atoms with Crippen molar-refractivity contribution in [3.63, 3.8) is 0 Å². The summed E-state index contributed by atoms with van der Waals surface area (Å²) in [5.74, 6) is -1.56. The summed E-state index contributed by atoms with van der Waals surface area (Å²) in [6.07, 6.45) is 3.54. The molecule has 7 rings (SSSR count). The number of fused-ring (bicyclic) bond motifs is 5. The summed E-state index contributed by atoms with van der Waals surface area (Å²) in [7, 11) is 1.55. The molecular formula is C34H24FNO4. The van der Waals surface area contributed by atoms with Gasteiger partial charge in [0.1, 0.15) is 23.0 Å². The number of ketones is 3. The number of methoxy groups -OCH3 is 1. The Bertz CT molecular complexity index is 1710. The quantitative estimate of drug-likeness (QED) is 0.234. The van der Waals surface area contributed by atoms with E-state index >= 15 is 0 Å². The Morgan fingerprint density at radius 2 is 1.55 bits per heavy atom. The summed E-state index contributed by atoms with van der Waals surface area (Å²) >= 11 is 0. The lowest BCUT2D eigenvalue weighted by Crippen LogP contribution is -2.48. The normalized spacial score (nSPS) is 21.8. The van der Waals surface area contributed by atoms with Gasteiger partial charge in [-0.1, -0.05) is 78.9 Å². The van der Waals surface area contributed by atoms with Crippen LogP contribution >= 0.6 is 0 Å². The number of anilines is 1. The van der Waals surface area contributed by atoms with Gasteiger partial charge >= 0.3 is 0 Å². The van der Waals surface area contributed by atoms with Crippen LogP contribution in [0, 0.1) is 11.2 Å². The molecule has 196 valence electrons. The topological polar surface area (TPSA) is 63.7 Å². The lowest BCUT2D eigenvalue weighted by molar-refractivity contribution is 0.0665. The van der Waals surface area contributed by atoms with E-state index in [2.05, 4.69) is 0 Å². The first-order valence-electron chi connectivity index (χ1n) is 13.1. The Morgan fingerprint density at radius 3 is 2.25 bits per heavy atom. The molecule has 0 saturated carbocycles. The number of halogens is 1. The molecule has 3 atom stereocenters. The number of hydrogen-bond acceptors (Lipinski definition) is 5. The van der Waals surface area contributed by atoms with Gasteiger partial charge in [0.2, 0.25) is 0 Å². The van der Waals surface area contributed by atoms with Crippen molar-refractivity contribution in [1.82, 2.24) is 0 Å². The predicted octanol–water partition coefficient (Wildman–Crippen LogP) is 6.15. The van der Waals surface area contributed by atoms with Crippen LogP contribution in [0.25, 0.3) is 6.08 Å². The Morgan fingerprint density at radius 1 is 0.850 bits per heavy atom. The van der Waals surface area contributed by atoms with Crippen molar-refractivity contribution in [3.05, 3.63) is 137 Å². The zero-order valence-electron chi connectivity index (χ0n) is 21.6. The second-order valence-corrected chi connectivity index (χ2v) is 10.4. The maximum atomic E-state index is 14.6. The van der Waals surface area contributed by atoms with Crippen LogP contribution in [0.3, 0.4) is 0 Å². The molecule has 2 heterocycles. The fourth-order valence-corrected chi connectivity index (χ4v) is 6.93. The van der Waals surface area contributed by atoms with E-state index in [4.69, 9.17) is 4.74 Å². The van der Waals surface area contributed by atoms with Gasteiger partial charge in [0.25, 0.3) is 0 Å². The van der Waals surface area contributed by atoms with Crippen molar-refractivity contribution >= 4 is 29.1 Å². The van der Waals surface area contributed by atoms with E-state index in [1.807, 2.05) is 17.0 Å². The fourth-order valence-electron chi connectivity index (χ4n) is 6.93. The molecule has 1 saturated heterocycles. The zero-order valence-corrected chi connectivity index (χ0v) is 21.6. The van der Waals surface area contributed by atoms with Gasteiger partial charge in [-0.05, 0) is 35.9 Å². The summed E-state index contributed by atoms with van der Waals surface area (Å²) in [5, 5.41) is 0. The second-order valence-electron chi connectivity index (χ2n) is 10.4. The molecular weight excluding hydrogens is 505 g/mol. The van der Waals surface area contributed by atoms with Crippen molar-refractivity contribution in [2.24, 2.45) is 5.41 Å². The molecule has 0 amide bonds. The standard InChI is InChI=1S/C34H24FNO4/c1-40-24-11-7-10-22(19-24)29-30(31(37)20-8-3-2-4-9-20)36-27-16-15-23(35)18-21(27)14-17-28(36)34(29)32(38)25-12-5-6-13-26(25)33(34)39/h2-19,28-30H,1H3/t28-,29+,30+/m0/s1. The van der Waals surface area contributed by atoms with Gasteiger partial charge < -0.3 is 9.64 Å². The summed E-state index contributed by atoms with van der Waals surface area (Å²) in [6, 6.07) is 25.7. The van der Waals surface area contributed by atoms with Gasteiger partial charge in [0, 0.05) is 33.9 Å². The lowest BCUT2D eigenvalue weighted by Gasteiger charge is -2.37. The second kappa shape index (κ2) is 8.85. The van der Waals surface area contributed by atoms with Crippen molar-refractivity contribution in [3.8, 4) is 5.75 Å². The molecule has 5 nitrogen and oxygen atoms in total. The molecule has 3 aliphatic rings. The van der Waals surface area contributed by atoms with Gasteiger partial charge in [-0.15, -0.1) is 0 Å². The Hall–Kier alpha value is -4.84. The molecule has 1 fully saturated rings. The molecule has 0 bridgehead atoms. The van der Waals surface area contributed by atoms with Gasteiger partial charge in [-0.3, -0.25) is 14.4 Å². The van der Waals surface area contributed by atoms with Gasteiger partial charge in [-0.25, -0.2) is 4.39 Å². The Labute approximate surface area is 230 Å². The fraction of sp³-hybridized carbons (Fsp3) is 0.147. The largest absolute Gasteiger partial charge is 0.497 e. The number of nitrogens with zero attached hydrogens (tertiary/aromatic N) is 1. The zero-order chi connectivity index (χ0) is 27.6. The van der Waals surface area contributed by atoms with Crippen molar-refractivity contribution in [2.75, 3.05) is 12.0 Å². The number of ether oxygens (including phenoxy) is 1. The average Bonchev–Trinajstić information content (AvgIpc) is 3.43. The molecule has 2 aliphatic heterocycles. The molecule has 0 unspecified atom stereocenters. The van der Waals surface area contributed by atoms with Crippen LogP contribution < -0.4 is 9.64 Å². The van der Waals surface area contributed by atoms with E-state index in [-0.39, 0.29) is 17.3 Å². The third-order valence-electron chi connectivity index (χ3n) is 8.55. The van der Waals surface area contributed by atoms with Crippen LogP contribution in [0.15, 0.2) is 103 Å². The summed E-state index contributed by atoms with van der Waals surface area (Å²) < 4.78 is 19.9. The van der Waals surface area contributed by atoms with Crippen LogP contribution in [0.1, 0.15) is 48.1 Å². The Balaban J connectivity index is 1.56. The maximum absolute atomic E-state index is 14.6. The number of Topliss-reactive ketones (excluding diaryl/α,β-unsaturated/α-hetero) is 3. The molecule has 1 spiro atoms. The number of carbonyl (C=O) groups excluding carboxylic acids is 3. The highest BCUT2D eigenvalue weighted by atomic mass is 19.1. The lowest BCUT2D eigenvalue weighted by atomic mass is 9.64. The smallest absolute Gasteiger partial charge is 0.185 e. The minimum atomic E-state index is -1.62. The molecule has 6 heteroatoms. The van der Waals surface area contributed by atoms with E-state index < -0.39 is 29.2 Å². The van der Waals surface area contributed by atoms with Crippen LogP contribution in [0.2, 0.25) is 0 Å². The summed E-state index contributed by atoms with van der Waals surface area (Å²) in [4.78, 5) is 45.6. The number of hydrogen-bond donors (Lipinski definition) is 0. The van der Waals surface area contributed by atoms with Crippen molar-refractivity contribution in [1.29, 1.82) is 0 Å². The van der Waals surface area contributed by atoms with Crippen LogP contribution in [-0.2, 0) is 0 Å². The molecule has 0 radical (unpaired) electrons. The number of rotatable bonds is 4. The van der Waals surface area contributed by atoms with Crippen LogP contribution in [-0.4, -0.2) is 36.5 Å². The Kier molecular flexibility index (Phi) is 5.36. The highest BCUT2D eigenvalue weighted by molar-refractivity contribution is 6.32. The SMILES string of the molecule is COc1cccc([C@@H]2[C@H](C(=O)c3ccccc3)N3c4ccc(F)cc4C=C[C@H]3C23C(=O)c2ccccc2C3=O)c1. The maximum Gasteiger partial charge on any atom is 0.185 e. The molecule has 0 aromatic heterocycles. The van der Waals surface area contributed by atoms with E-state index in [9.17, 15) is 18.8 Å². The molecule has 4 aromatic rings. The van der Waals surface area contributed by atoms with E-state index in [0.717, 1.165) is 0 Å². The first-order chi connectivity index (χ1) is 19.5. The van der Waals surface area contributed by atoms with Crippen LogP contribution in [0.4, 0.5) is 10.1 Å². The molecule has 0 N–H and O–H groups in total. The molecule has 1 aliphatic carbocycles. The first-order valence-corrected chi connectivity index (χ1v) is 13.1. The highest BCUT2D eigenvalue weighted by Gasteiger charge is 2.71. The van der Waals surface area contributed by atoms with E-state index in [1.165, 1.54) is 12.1 Å². The average molecular weight is 530 g/mol. The third-order valence-corrected chi connectivity index (χ3v) is 8.55. The van der Waals surface area contributed by atoms with E-state index in [1.54, 1.807) is 92.1 Å². The number of carbonyl (C=O) groups is 3. The monoisotopic (exact) mass is 529 g/mol. The van der Waals surface area contributed by atoms with Gasteiger partial charge in [0.05, 0.1) is 13.2 Å². The summed E-state index contributed by atoms with van der Waals surface area (Å²) in [5.41, 5.74) is 1.38. The van der Waals surface area contributed by atoms with Crippen LogP contribution in [0.5, 0.6) is 5.75 Å². The predicted molar refractivity (Wildman–Crippen MR) is 150 cm³/mol. The summed E-state index contributed by atoms with van der Waals surface area (Å²) in [6.45, 7) is 0. The van der Waals surface area contributed by atoms with Crippen molar-refractivity contribution in [2.45, 2.75) is 18.0 Å². The highest BCUT2D eigenvalue weighted by Crippen LogP contribution is 2.61. The van der Waals surface area contributed by atoms with Crippen molar-refractivity contribution < 1.29 is 23.5 Å². The third kappa shape index (κ3) is 3.16. The molecule has 4 aromatic carbocycles. The van der Waals surface area contributed by atoms with E-state index in [0.29, 0.717) is 39.3 Å². The number of benzene rings is 4.